The molecule has 1 aromatic carbocycles. The summed E-state index contributed by atoms with van der Waals surface area (Å²) in [6.07, 6.45) is 0.969. The molecule has 15 heavy (non-hydrogen) atoms. The topological polar surface area (TPSA) is 66.9 Å². The molecule has 1 amide bonds. The van der Waals surface area contributed by atoms with Crippen LogP contribution >= 0.6 is 0 Å². The second-order valence-corrected chi connectivity index (χ2v) is 2.70. The van der Waals surface area contributed by atoms with Crippen molar-refractivity contribution >= 4 is 12.0 Å². The SMILES string of the molecule is N#C/C(=C\c1ccc(F)cc1F)C(N)=O. The number of nitrogens with zero attached hydrogens (tertiary/aromatic N) is 1. The maximum absolute atomic E-state index is 13.1. The fraction of sp³-hybridized carbons (Fsp3) is 0. The number of carbonyl (C=O) groups is 1. The van der Waals surface area contributed by atoms with E-state index in [1.807, 2.05) is 0 Å². The molecule has 1 aromatic rings. The Bertz CT molecular complexity index is 475. The van der Waals surface area contributed by atoms with Gasteiger partial charge in [0, 0.05) is 11.6 Å². The van der Waals surface area contributed by atoms with Crippen LogP contribution in [0.15, 0.2) is 23.8 Å². The molecule has 76 valence electrons. The zero-order chi connectivity index (χ0) is 11.4. The van der Waals surface area contributed by atoms with Crippen LogP contribution in [0, 0.1) is 23.0 Å². The molecule has 0 aliphatic carbocycles. The van der Waals surface area contributed by atoms with Crippen molar-refractivity contribution in [2.24, 2.45) is 5.73 Å². The van der Waals surface area contributed by atoms with E-state index >= 15 is 0 Å². The van der Waals surface area contributed by atoms with E-state index in [0.717, 1.165) is 18.2 Å². The van der Waals surface area contributed by atoms with E-state index in [0.29, 0.717) is 6.07 Å². The minimum atomic E-state index is -0.957. The van der Waals surface area contributed by atoms with Crippen molar-refractivity contribution < 1.29 is 13.6 Å². The van der Waals surface area contributed by atoms with E-state index in [2.05, 4.69) is 0 Å². The summed E-state index contributed by atoms with van der Waals surface area (Å²) in [5.74, 6) is -2.55. The Kier molecular flexibility index (Phi) is 3.13. The molecular formula is C10H6F2N2O. The standard InChI is InChI=1S/C10H6F2N2O/c11-8-2-1-6(9(12)4-8)3-7(5-13)10(14)15/h1-4H,(H2,14,15)/b7-3+. The van der Waals surface area contributed by atoms with Crippen LogP contribution in [0.25, 0.3) is 6.08 Å². The van der Waals surface area contributed by atoms with Gasteiger partial charge in [0.25, 0.3) is 5.91 Å². The monoisotopic (exact) mass is 208 g/mol. The second-order valence-electron chi connectivity index (χ2n) is 2.70. The van der Waals surface area contributed by atoms with E-state index in [-0.39, 0.29) is 11.1 Å². The highest BCUT2D eigenvalue weighted by molar-refractivity contribution is 6.00. The molecule has 0 aliphatic rings. The van der Waals surface area contributed by atoms with E-state index < -0.39 is 17.5 Å². The van der Waals surface area contributed by atoms with Crippen LogP contribution in [-0.2, 0) is 4.79 Å². The summed E-state index contributed by atoms with van der Waals surface area (Å²) in [6.45, 7) is 0. The molecule has 0 aliphatic heterocycles. The highest BCUT2D eigenvalue weighted by atomic mass is 19.1. The van der Waals surface area contributed by atoms with Gasteiger partial charge in [0.05, 0.1) is 0 Å². The summed E-state index contributed by atoms with van der Waals surface area (Å²) in [5, 5.41) is 8.49. The van der Waals surface area contributed by atoms with Crippen LogP contribution in [0.5, 0.6) is 0 Å². The van der Waals surface area contributed by atoms with Gasteiger partial charge in [-0.3, -0.25) is 4.79 Å². The minimum Gasteiger partial charge on any atom is -0.365 e. The van der Waals surface area contributed by atoms with Crippen molar-refractivity contribution in [3.05, 3.63) is 41.0 Å². The number of nitrogens with two attached hydrogens (primary N) is 1. The summed E-state index contributed by atoms with van der Waals surface area (Å²) >= 11 is 0. The highest BCUT2D eigenvalue weighted by Gasteiger charge is 2.06. The predicted molar refractivity (Wildman–Crippen MR) is 49.1 cm³/mol. The van der Waals surface area contributed by atoms with Crippen LogP contribution in [0.4, 0.5) is 8.78 Å². The van der Waals surface area contributed by atoms with Gasteiger partial charge in [0.15, 0.2) is 0 Å². The van der Waals surface area contributed by atoms with Gasteiger partial charge in [-0.2, -0.15) is 5.26 Å². The molecule has 0 bridgehead atoms. The third kappa shape index (κ3) is 2.61. The van der Waals surface area contributed by atoms with Gasteiger partial charge >= 0.3 is 0 Å². The first-order valence-corrected chi connectivity index (χ1v) is 3.91. The van der Waals surface area contributed by atoms with E-state index in [1.54, 1.807) is 0 Å². The smallest absolute Gasteiger partial charge is 0.259 e. The van der Waals surface area contributed by atoms with Crippen molar-refractivity contribution in [3.8, 4) is 6.07 Å². The molecule has 0 spiro atoms. The number of halogens is 2. The van der Waals surface area contributed by atoms with Crippen LogP contribution in [0.1, 0.15) is 5.56 Å². The summed E-state index contributed by atoms with van der Waals surface area (Å²) in [5.41, 5.74) is 4.40. The van der Waals surface area contributed by atoms with Crippen LogP contribution < -0.4 is 5.73 Å². The van der Waals surface area contributed by atoms with Gasteiger partial charge in [-0.15, -0.1) is 0 Å². The second kappa shape index (κ2) is 4.33. The molecule has 0 saturated carbocycles. The predicted octanol–water partition coefficient (Wildman–Crippen LogP) is 1.36. The van der Waals surface area contributed by atoms with Crippen molar-refractivity contribution in [1.29, 1.82) is 5.26 Å². The molecule has 2 N–H and O–H groups in total. The Hall–Kier alpha value is -2.22. The average molecular weight is 208 g/mol. The molecule has 0 fully saturated rings. The number of hydrogen-bond donors (Lipinski definition) is 1. The lowest BCUT2D eigenvalue weighted by Crippen LogP contribution is -2.12. The molecule has 0 atom stereocenters. The minimum absolute atomic E-state index is 0.0632. The molecule has 1 rings (SSSR count). The Balaban J connectivity index is 3.19. The van der Waals surface area contributed by atoms with Gasteiger partial charge < -0.3 is 5.73 Å². The third-order valence-corrected chi connectivity index (χ3v) is 1.65. The van der Waals surface area contributed by atoms with Crippen molar-refractivity contribution in [2.45, 2.75) is 0 Å². The highest BCUT2D eigenvalue weighted by Crippen LogP contribution is 2.13. The molecule has 0 aromatic heterocycles. The molecule has 3 nitrogen and oxygen atoms in total. The van der Waals surface area contributed by atoms with Crippen molar-refractivity contribution in [2.75, 3.05) is 0 Å². The molecule has 0 radical (unpaired) electrons. The Morgan fingerprint density at radius 3 is 2.60 bits per heavy atom. The number of carbonyl (C=O) groups excluding carboxylic acids is 1. The zero-order valence-corrected chi connectivity index (χ0v) is 7.50. The van der Waals surface area contributed by atoms with Crippen molar-refractivity contribution in [1.82, 2.24) is 0 Å². The van der Waals surface area contributed by atoms with Crippen LogP contribution in [0.3, 0.4) is 0 Å². The average Bonchev–Trinajstić information content (AvgIpc) is 2.16. The number of amides is 1. The molecule has 0 unspecified atom stereocenters. The number of rotatable bonds is 2. The maximum Gasteiger partial charge on any atom is 0.259 e. The van der Waals surface area contributed by atoms with Crippen molar-refractivity contribution in [3.63, 3.8) is 0 Å². The Morgan fingerprint density at radius 2 is 2.13 bits per heavy atom. The lowest BCUT2D eigenvalue weighted by atomic mass is 10.1. The number of hydrogen-bond acceptors (Lipinski definition) is 2. The first-order valence-electron chi connectivity index (χ1n) is 3.91. The maximum atomic E-state index is 13.1. The number of nitriles is 1. The van der Waals surface area contributed by atoms with Gasteiger partial charge in [-0.1, -0.05) is 0 Å². The summed E-state index contributed by atoms with van der Waals surface area (Å²) in [7, 11) is 0. The molecule has 0 saturated heterocycles. The van der Waals surface area contributed by atoms with Gasteiger partial charge in [-0.05, 0) is 18.2 Å². The van der Waals surface area contributed by atoms with E-state index in [4.69, 9.17) is 11.0 Å². The summed E-state index contributed by atoms with van der Waals surface area (Å²) < 4.78 is 25.6. The molecular weight excluding hydrogens is 202 g/mol. The van der Waals surface area contributed by atoms with Crippen LogP contribution in [-0.4, -0.2) is 5.91 Å². The lowest BCUT2D eigenvalue weighted by Gasteiger charge is -1.97. The van der Waals surface area contributed by atoms with E-state index in [9.17, 15) is 13.6 Å². The lowest BCUT2D eigenvalue weighted by molar-refractivity contribution is -0.114. The number of primary amides is 1. The fourth-order valence-electron chi connectivity index (χ4n) is 0.933. The first kappa shape index (κ1) is 10.9. The Labute approximate surface area is 84.4 Å². The zero-order valence-electron chi connectivity index (χ0n) is 7.50. The molecule has 5 heteroatoms. The molecule has 0 heterocycles. The van der Waals surface area contributed by atoms with Gasteiger partial charge in [0.2, 0.25) is 0 Å². The van der Waals surface area contributed by atoms with E-state index in [1.165, 1.54) is 6.07 Å². The van der Waals surface area contributed by atoms with Gasteiger partial charge in [0.1, 0.15) is 23.3 Å². The Morgan fingerprint density at radius 1 is 1.47 bits per heavy atom. The normalized spacial score (nSPS) is 10.9. The fourth-order valence-corrected chi connectivity index (χ4v) is 0.933. The number of benzene rings is 1. The van der Waals surface area contributed by atoms with Crippen LogP contribution in [0.2, 0.25) is 0 Å². The summed E-state index contributed by atoms with van der Waals surface area (Å²) in [4.78, 5) is 10.6. The summed E-state index contributed by atoms with van der Waals surface area (Å²) in [6, 6.07) is 4.31. The quantitative estimate of drug-likeness (QED) is 0.589. The first-order chi connectivity index (χ1) is 7.04. The third-order valence-electron chi connectivity index (χ3n) is 1.65. The van der Waals surface area contributed by atoms with Gasteiger partial charge in [-0.25, -0.2) is 8.78 Å². The largest absolute Gasteiger partial charge is 0.365 e.